The van der Waals surface area contributed by atoms with E-state index in [4.69, 9.17) is 9.05 Å². The molecule has 0 aliphatic carbocycles. The van der Waals surface area contributed by atoms with Crippen molar-refractivity contribution in [3.05, 3.63) is 0 Å². The lowest BCUT2D eigenvalue weighted by Gasteiger charge is -2.33. The smallest absolute Gasteiger partial charge is 0.331 e. The third-order valence-corrected chi connectivity index (χ3v) is 6.36. The summed E-state index contributed by atoms with van der Waals surface area (Å²) < 4.78 is 34.8. The lowest BCUT2D eigenvalue weighted by Crippen LogP contribution is -2.38. The lowest BCUT2D eigenvalue weighted by atomic mass is 9.96. The molecule has 0 aromatic heterocycles. The first-order chi connectivity index (χ1) is 8.66. The van der Waals surface area contributed by atoms with Gasteiger partial charge in [-0.3, -0.25) is 4.57 Å². The second kappa shape index (κ2) is 7.92. The Morgan fingerprint density at radius 1 is 0.947 bits per heavy atom. The van der Waals surface area contributed by atoms with Crippen molar-refractivity contribution in [2.45, 2.75) is 13.8 Å². The average molecular weight is 316 g/mol. The molecule has 0 aromatic rings. The maximum atomic E-state index is 12.5. The molecule has 0 spiro atoms. The molecule has 0 rings (SSSR count). The molecule has 0 radical (unpaired) electrons. The molecule has 8 heteroatoms. The zero-order valence-electron chi connectivity index (χ0n) is 12.2. The van der Waals surface area contributed by atoms with Crippen molar-refractivity contribution in [3.8, 4) is 0 Å². The Balaban J connectivity index is 5.18. The van der Waals surface area contributed by atoms with Gasteiger partial charge in [-0.2, -0.15) is 0 Å². The Labute approximate surface area is 115 Å². The molecule has 0 amide bonds. The number of rotatable bonds is 10. The van der Waals surface area contributed by atoms with Crippen molar-refractivity contribution < 1.29 is 28.4 Å². The summed E-state index contributed by atoms with van der Waals surface area (Å²) in [6.07, 6.45) is -0.0442. The fraction of sp³-hybridized carbons (Fsp3) is 1.00. The predicted octanol–water partition coefficient (Wildman–Crippen LogP) is 1.85. The van der Waals surface area contributed by atoms with Crippen molar-refractivity contribution >= 4 is 14.7 Å². The van der Waals surface area contributed by atoms with Gasteiger partial charge < -0.3 is 23.8 Å². The van der Waals surface area contributed by atoms with E-state index >= 15 is 0 Å². The Morgan fingerprint density at radius 3 is 1.63 bits per heavy atom. The molecule has 0 aliphatic rings. The molecule has 0 saturated carbocycles. The molecule has 0 heterocycles. The summed E-state index contributed by atoms with van der Waals surface area (Å²) >= 11 is 0. The van der Waals surface area contributed by atoms with E-state index in [0.717, 1.165) is 0 Å². The first kappa shape index (κ1) is 19.3. The monoisotopic (exact) mass is 316 g/mol. The highest BCUT2D eigenvalue weighted by Crippen LogP contribution is 2.55. The van der Waals surface area contributed by atoms with E-state index in [1.165, 1.54) is 0 Å². The summed E-state index contributed by atoms with van der Waals surface area (Å²) in [5, 5.41) is 19.1. The molecular weight excluding hydrogens is 290 g/mol. The van der Waals surface area contributed by atoms with E-state index in [1.807, 2.05) is 0 Å². The molecule has 0 saturated heterocycles. The number of aliphatic hydroxyl groups is 2. The van der Waals surface area contributed by atoms with E-state index in [0.29, 0.717) is 0 Å². The van der Waals surface area contributed by atoms with Crippen molar-refractivity contribution in [2.75, 3.05) is 52.1 Å². The normalized spacial score (nSPS) is 13.8. The van der Waals surface area contributed by atoms with Crippen LogP contribution in [-0.4, -0.2) is 62.3 Å². The van der Waals surface area contributed by atoms with Gasteiger partial charge in [-0.15, -0.1) is 0 Å². The Hall–Kier alpha value is 0.300. The van der Waals surface area contributed by atoms with Crippen molar-refractivity contribution in [2.24, 2.45) is 5.41 Å². The fourth-order valence-corrected chi connectivity index (χ4v) is 6.32. The third kappa shape index (κ3) is 7.03. The Bertz CT molecular complexity index is 337. The highest BCUT2D eigenvalue weighted by Gasteiger charge is 2.41. The van der Waals surface area contributed by atoms with E-state index in [1.54, 1.807) is 27.2 Å². The molecule has 0 unspecified atom stereocenters. The van der Waals surface area contributed by atoms with Gasteiger partial charge >= 0.3 is 7.60 Å². The van der Waals surface area contributed by atoms with Gasteiger partial charge in [0.15, 0.2) is 0 Å². The van der Waals surface area contributed by atoms with Gasteiger partial charge in [0, 0.05) is 11.6 Å². The maximum Gasteiger partial charge on any atom is 0.331 e. The first-order valence-electron chi connectivity index (χ1n) is 6.30. The van der Waals surface area contributed by atoms with Gasteiger partial charge in [-0.05, 0) is 27.2 Å². The minimum atomic E-state index is -3.40. The topological polar surface area (TPSA) is 93.1 Å². The van der Waals surface area contributed by atoms with Crippen LogP contribution < -0.4 is 0 Å². The van der Waals surface area contributed by atoms with Gasteiger partial charge in [-0.25, -0.2) is 0 Å². The van der Waals surface area contributed by atoms with Crippen LogP contribution in [0.4, 0.5) is 0 Å². The van der Waals surface area contributed by atoms with Crippen LogP contribution in [0, 0.1) is 5.41 Å². The standard InChI is InChI=1S/C11H26O6P2/c1-5-16-19(15,17-6-2)10-11(7-12,8-13)9-18(3,4)14/h12-13H,5-10H2,1-4H3. The van der Waals surface area contributed by atoms with E-state index in [9.17, 15) is 19.3 Å². The minimum absolute atomic E-state index is 0.0944. The molecule has 0 fully saturated rings. The number of hydrogen-bond acceptors (Lipinski definition) is 6. The van der Waals surface area contributed by atoms with E-state index in [2.05, 4.69) is 0 Å². The molecule has 116 valence electrons. The molecular formula is C11H26O6P2. The van der Waals surface area contributed by atoms with Crippen LogP contribution >= 0.6 is 14.7 Å². The summed E-state index contributed by atoms with van der Waals surface area (Å²) in [6, 6.07) is 0. The molecule has 19 heavy (non-hydrogen) atoms. The van der Waals surface area contributed by atoms with Crippen LogP contribution in [0.2, 0.25) is 0 Å². The second-order valence-electron chi connectivity index (χ2n) is 5.15. The van der Waals surface area contributed by atoms with Crippen LogP contribution in [0.3, 0.4) is 0 Å². The molecule has 0 bridgehead atoms. The number of aliphatic hydroxyl groups excluding tert-OH is 2. The van der Waals surface area contributed by atoms with Crippen LogP contribution in [0.1, 0.15) is 13.8 Å². The highest BCUT2D eigenvalue weighted by atomic mass is 31.2. The largest absolute Gasteiger partial charge is 0.396 e. The molecule has 6 nitrogen and oxygen atoms in total. The zero-order valence-corrected chi connectivity index (χ0v) is 14.0. The van der Waals surface area contributed by atoms with Crippen molar-refractivity contribution in [1.29, 1.82) is 0 Å². The van der Waals surface area contributed by atoms with Crippen LogP contribution in [0.15, 0.2) is 0 Å². The summed E-state index contributed by atoms with van der Waals surface area (Å²) in [5.74, 6) is 0. The molecule has 0 aliphatic heterocycles. The predicted molar refractivity (Wildman–Crippen MR) is 76.7 cm³/mol. The summed E-state index contributed by atoms with van der Waals surface area (Å²) in [7, 11) is -5.90. The molecule has 0 aromatic carbocycles. The minimum Gasteiger partial charge on any atom is -0.396 e. The van der Waals surface area contributed by atoms with Crippen molar-refractivity contribution in [3.63, 3.8) is 0 Å². The lowest BCUT2D eigenvalue weighted by molar-refractivity contribution is 0.0815. The summed E-state index contributed by atoms with van der Waals surface area (Å²) in [5.41, 5.74) is -1.11. The van der Waals surface area contributed by atoms with Crippen molar-refractivity contribution in [1.82, 2.24) is 0 Å². The quantitative estimate of drug-likeness (QED) is 0.597. The van der Waals surface area contributed by atoms with Crippen LogP contribution in [0.5, 0.6) is 0 Å². The SMILES string of the molecule is CCOP(=O)(CC(CO)(CO)CP(C)(C)=O)OCC. The zero-order chi connectivity index (χ0) is 15.2. The Kier molecular flexibility index (Phi) is 8.04. The van der Waals surface area contributed by atoms with Gasteiger partial charge in [0.2, 0.25) is 0 Å². The first-order valence-corrected chi connectivity index (χ1v) is 10.8. The fourth-order valence-electron chi connectivity index (χ4n) is 2.04. The summed E-state index contributed by atoms with van der Waals surface area (Å²) in [4.78, 5) is 0. The van der Waals surface area contributed by atoms with Gasteiger partial charge in [0.25, 0.3) is 0 Å². The van der Waals surface area contributed by atoms with E-state index < -0.39 is 33.4 Å². The van der Waals surface area contributed by atoms with Gasteiger partial charge in [0.05, 0.1) is 39.7 Å². The summed E-state index contributed by atoms with van der Waals surface area (Å²) in [6.45, 7) is 6.10. The average Bonchev–Trinajstić information content (AvgIpc) is 2.26. The molecule has 2 N–H and O–H groups in total. The third-order valence-electron chi connectivity index (χ3n) is 2.57. The van der Waals surface area contributed by atoms with Crippen LogP contribution in [-0.2, 0) is 18.2 Å². The van der Waals surface area contributed by atoms with Gasteiger partial charge in [0.1, 0.15) is 0 Å². The maximum absolute atomic E-state index is 12.5. The second-order valence-corrected chi connectivity index (χ2v) is 10.7. The number of hydrogen-bond donors (Lipinski definition) is 2. The Morgan fingerprint density at radius 2 is 1.37 bits per heavy atom. The van der Waals surface area contributed by atoms with Crippen LogP contribution in [0.25, 0.3) is 0 Å². The van der Waals surface area contributed by atoms with Gasteiger partial charge in [-0.1, -0.05) is 0 Å². The van der Waals surface area contributed by atoms with E-state index in [-0.39, 0.29) is 25.5 Å². The molecule has 0 atom stereocenters. The highest BCUT2D eigenvalue weighted by molar-refractivity contribution is 7.62.